The number of carbonyl (C=O) groups is 1. The van der Waals surface area contributed by atoms with Crippen molar-refractivity contribution in [3.05, 3.63) is 29.6 Å². The van der Waals surface area contributed by atoms with Gasteiger partial charge < -0.3 is 20.1 Å². The van der Waals surface area contributed by atoms with Crippen molar-refractivity contribution in [1.29, 1.82) is 0 Å². The average molecular weight is 337 g/mol. The Bertz CT molecular complexity index is 461. The van der Waals surface area contributed by atoms with Crippen molar-refractivity contribution in [3.8, 4) is 0 Å². The van der Waals surface area contributed by atoms with Crippen LogP contribution >= 0.6 is 0 Å². The minimum Gasteiger partial charge on any atom is -0.375 e. The van der Waals surface area contributed by atoms with Crippen LogP contribution in [0.25, 0.3) is 0 Å². The summed E-state index contributed by atoms with van der Waals surface area (Å²) in [5, 5.41) is 6.12. The molecule has 1 heterocycles. The molecule has 24 heavy (non-hydrogen) atoms. The SMILES string of the molecule is CC(C)NCCOCc1ccc(COCCNC(=O)C(C)C)nc1. The van der Waals surface area contributed by atoms with Gasteiger partial charge in [0, 0.05) is 31.2 Å². The third-order valence-corrected chi connectivity index (χ3v) is 3.27. The summed E-state index contributed by atoms with van der Waals surface area (Å²) in [6, 6.07) is 4.42. The van der Waals surface area contributed by atoms with Gasteiger partial charge in [0.05, 0.1) is 32.1 Å². The lowest BCUT2D eigenvalue weighted by Gasteiger charge is -2.09. The van der Waals surface area contributed by atoms with Crippen LogP contribution in [-0.4, -0.2) is 43.2 Å². The maximum Gasteiger partial charge on any atom is 0.222 e. The molecule has 0 atom stereocenters. The number of aromatic nitrogens is 1. The molecule has 136 valence electrons. The molecule has 1 rings (SSSR count). The first-order chi connectivity index (χ1) is 11.5. The minimum atomic E-state index is 0.00239. The summed E-state index contributed by atoms with van der Waals surface area (Å²) in [6.45, 7) is 11.5. The molecular formula is C18H31N3O3. The van der Waals surface area contributed by atoms with Gasteiger partial charge in [0.2, 0.25) is 5.91 Å². The Hall–Kier alpha value is -1.50. The molecule has 0 fully saturated rings. The van der Waals surface area contributed by atoms with Gasteiger partial charge >= 0.3 is 0 Å². The van der Waals surface area contributed by atoms with Crippen LogP contribution in [0.5, 0.6) is 0 Å². The fraction of sp³-hybridized carbons (Fsp3) is 0.667. The van der Waals surface area contributed by atoms with Crippen molar-refractivity contribution >= 4 is 5.91 Å². The summed E-state index contributed by atoms with van der Waals surface area (Å²) in [7, 11) is 0. The number of hydrogen-bond donors (Lipinski definition) is 2. The number of pyridine rings is 1. The standard InChI is InChI=1S/C18H31N3O3/c1-14(2)18(22)20-8-10-24-13-17-6-5-16(11-21-17)12-23-9-7-19-15(3)4/h5-6,11,14-15,19H,7-10,12-13H2,1-4H3,(H,20,22). The molecule has 0 aromatic carbocycles. The van der Waals surface area contributed by atoms with Gasteiger partial charge in [0.25, 0.3) is 0 Å². The van der Waals surface area contributed by atoms with E-state index in [1.807, 2.05) is 32.2 Å². The molecule has 0 aliphatic carbocycles. The number of amides is 1. The van der Waals surface area contributed by atoms with E-state index >= 15 is 0 Å². The van der Waals surface area contributed by atoms with E-state index in [9.17, 15) is 4.79 Å². The van der Waals surface area contributed by atoms with Crippen molar-refractivity contribution in [2.75, 3.05) is 26.3 Å². The first kappa shape index (κ1) is 20.5. The third-order valence-electron chi connectivity index (χ3n) is 3.27. The van der Waals surface area contributed by atoms with Crippen LogP contribution in [0.2, 0.25) is 0 Å². The van der Waals surface area contributed by atoms with Gasteiger partial charge in [-0.05, 0) is 11.6 Å². The monoisotopic (exact) mass is 337 g/mol. The predicted molar refractivity (Wildman–Crippen MR) is 94.5 cm³/mol. The van der Waals surface area contributed by atoms with Gasteiger partial charge in [0.15, 0.2) is 0 Å². The molecule has 0 aliphatic rings. The van der Waals surface area contributed by atoms with Crippen LogP contribution in [0.1, 0.15) is 39.0 Å². The molecule has 0 radical (unpaired) electrons. The Morgan fingerprint density at radius 3 is 2.42 bits per heavy atom. The fourth-order valence-electron chi connectivity index (χ4n) is 1.86. The van der Waals surface area contributed by atoms with Crippen LogP contribution in [0.15, 0.2) is 18.3 Å². The summed E-state index contributed by atoms with van der Waals surface area (Å²) in [6.07, 6.45) is 1.81. The summed E-state index contributed by atoms with van der Waals surface area (Å²) in [5.41, 5.74) is 1.92. The molecule has 6 heteroatoms. The normalized spacial score (nSPS) is 11.2. The first-order valence-corrected chi connectivity index (χ1v) is 8.59. The van der Waals surface area contributed by atoms with Crippen LogP contribution in [0, 0.1) is 5.92 Å². The summed E-state index contributed by atoms with van der Waals surface area (Å²) < 4.78 is 11.1. The van der Waals surface area contributed by atoms with Gasteiger partial charge in [-0.15, -0.1) is 0 Å². The van der Waals surface area contributed by atoms with Crippen LogP contribution in [-0.2, 0) is 27.5 Å². The van der Waals surface area contributed by atoms with Gasteiger partial charge in [-0.25, -0.2) is 0 Å². The van der Waals surface area contributed by atoms with E-state index in [2.05, 4.69) is 29.5 Å². The van der Waals surface area contributed by atoms with Crippen molar-refractivity contribution in [2.24, 2.45) is 5.92 Å². The highest BCUT2D eigenvalue weighted by molar-refractivity contribution is 5.77. The Morgan fingerprint density at radius 2 is 1.79 bits per heavy atom. The van der Waals surface area contributed by atoms with E-state index in [1.54, 1.807) is 0 Å². The van der Waals surface area contributed by atoms with Gasteiger partial charge in [0.1, 0.15) is 0 Å². The van der Waals surface area contributed by atoms with Crippen LogP contribution in [0.3, 0.4) is 0 Å². The molecule has 1 amide bonds. The third kappa shape index (κ3) is 9.60. The zero-order valence-corrected chi connectivity index (χ0v) is 15.3. The molecule has 0 spiro atoms. The zero-order chi connectivity index (χ0) is 17.8. The van der Waals surface area contributed by atoms with Crippen molar-refractivity contribution in [3.63, 3.8) is 0 Å². The lowest BCUT2D eigenvalue weighted by atomic mass is 10.2. The second-order valence-electron chi connectivity index (χ2n) is 6.32. The summed E-state index contributed by atoms with van der Waals surface area (Å²) in [5.74, 6) is 0.0484. The molecule has 1 aromatic rings. The average Bonchev–Trinajstić information content (AvgIpc) is 2.55. The Kier molecular flexibility index (Phi) is 10.2. The van der Waals surface area contributed by atoms with Crippen LogP contribution < -0.4 is 10.6 Å². The highest BCUT2D eigenvalue weighted by Crippen LogP contribution is 2.03. The van der Waals surface area contributed by atoms with Crippen molar-refractivity contribution in [1.82, 2.24) is 15.6 Å². The van der Waals surface area contributed by atoms with Gasteiger partial charge in [-0.3, -0.25) is 9.78 Å². The number of carbonyl (C=O) groups excluding carboxylic acids is 1. The molecule has 2 N–H and O–H groups in total. The van der Waals surface area contributed by atoms with E-state index < -0.39 is 0 Å². The molecule has 0 bridgehead atoms. The molecule has 0 unspecified atom stereocenters. The van der Waals surface area contributed by atoms with Gasteiger partial charge in [-0.1, -0.05) is 33.8 Å². The van der Waals surface area contributed by atoms with E-state index in [1.165, 1.54) is 0 Å². The zero-order valence-electron chi connectivity index (χ0n) is 15.3. The van der Waals surface area contributed by atoms with Crippen molar-refractivity contribution in [2.45, 2.75) is 47.0 Å². The van der Waals surface area contributed by atoms with E-state index in [0.29, 0.717) is 39.0 Å². The first-order valence-electron chi connectivity index (χ1n) is 8.59. The smallest absolute Gasteiger partial charge is 0.222 e. The van der Waals surface area contributed by atoms with Crippen molar-refractivity contribution < 1.29 is 14.3 Å². The highest BCUT2D eigenvalue weighted by Gasteiger charge is 2.05. The molecule has 1 aromatic heterocycles. The summed E-state index contributed by atoms with van der Waals surface area (Å²) in [4.78, 5) is 15.7. The van der Waals surface area contributed by atoms with E-state index in [-0.39, 0.29) is 11.8 Å². The fourth-order valence-corrected chi connectivity index (χ4v) is 1.86. The number of rotatable bonds is 12. The number of ether oxygens (including phenoxy) is 2. The molecular weight excluding hydrogens is 306 g/mol. The van der Waals surface area contributed by atoms with E-state index in [0.717, 1.165) is 17.8 Å². The lowest BCUT2D eigenvalue weighted by Crippen LogP contribution is -2.30. The lowest BCUT2D eigenvalue weighted by molar-refractivity contribution is -0.124. The Labute approximate surface area is 145 Å². The molecule has 0 aliphatic heterocycles. The Morgan fingerprint density at radius 1 is 1.08 bits per heavy atom. The highest BCUT2D eigenvalue weighted by atomic mass is 16.5. The topological polar surface area (TPSA) is 72.5 Å². The molecule has 0 saturated carbocycles. The van der Waals surface area contributed by atoms with Gasteiger partial charge in [-0.2, -0.15) is 0 Å². The maximum atomic E-state index is 11.4. The molecule has 6 nitrogen and oxygen atoms in total. The van der Waals surface area contributed by atoms with Crippen LogP contribution in [0.4, 0.5) is 0 Å². The second kappa shape index (κ2) is 11.9. The van der Waals surface area contributed by atoms with E-state index in [4.69, 9.17) is 9.47 Å². The maximum absolute atomic E-state index is 11.4. The largest absolute Gasteiger partial charge is 0.375 e. The Balaban J connectivity index is 2.12. The second-order valence-corrected chi connectivity index (χ2v) is 6.32. The number of hydrogen-bond acceptors (Lipinski definition) is 5. The number of nitrogens with zero attached hydrogens (tertiary/aromatic N) is 1. The predicted octanol–water partition coefficient (Wildman–Crippen LogP) is 1.88. The summed E-state index contributed by atoms with van der Waals surface area (Å²) >= 11 is 0. The number of nitrogens with one attached hydrogen (secondary N) is 2. The molecule has 0 saturated heterocycles. The minimum absolute atomic E-state index is 0.00239. The quantitative estimate of drug-likeness (QED) is 0.570.